The lowest BCUT2D eigenvalue weighted by molar-refractivity contribution is -0.146. The van der Waals surface area contributed by atoms with Crippen LogP contribution in [0.25, 0.3) is 0 Å². The molecule has 0 spiro atoms. The largest absolute Gasteiger partial charge is 0.480 e. The molecule has 0 unspecified atom stereocenters. The van der Waals surface area contributed by atoms with Crippen molar-refractivity contribution in [2.24, 2.45) is 17.8 Å². The molecule has 0 atom stereocenters. The Bertz CT molecular complexity index is 247. The van der Waals surface area contributed by atoms with Crippen molar-refractivity contribution < 1.29 is 9.90 Å². The number of hydrogen-bond donors (Lipinski definition) is 2. The Morgan fingerprint density at radius 3 is 2.00 bits per heavy atom. The fraction of sp³-hybridized carbons (Fsp3) is 0.929. The lowest BCUT2D eigenvalue weighted by atomic mass is 9.81. The zero-order valence-corrected chi connectivity index (χ0v) is 11.6. The van der Waals surface area contributed by atoms with Gasteiger partial charge in [-0.25, -0.2) is 0 Å². The Morgan fingerprint density at radius 2 is 1.71 bits per heavy atom. The molecule has 0 aromatic rings. The van der Waals surface area contributed by atoms with Gasteiger partial charge in [0.25, 0.3) is 0 Å². The van der Waals surface area contributed by atoms with E-state index >= 15 is 0 Å². The van der Waals surface area contributed by atoms with Gasteiger partial charge >= 0.3 is 5.97 Å². The summed E-state index contributed by atoms with van der Waals surface area (Å²) in [5.41, 5.74) is -0.717. The van der Waals surface area contributed by atoms with E-state index in [1.165, 1.54) is 12.8 Å². The van der Waals surface area contributed by atoms with Crippen LogP contribution in [0.4, 0.5) is 0 Å². The van der Waals surface area contributed by atoms with Gasteiger partial charge in [0.15, 0.2) is 0 Å². The molecule has 0 aromatic heterocycles. The zero-order chi connectivity index (χ0) is 13.1. The fourth-order valence-electron chi connectivity index (χ4n) is 2.53. The van der Waals surface area contributed by atoms with Crippen LogP contribution in [0.15, 0.2) is 0 Å². The average Bonchev–Trinajstić information content (AvgIpc) is 2.95. The highest BCUT2D eigenvalue weighted by Crippen LogP contribution is 2.31. The lowest BCUT2D eigenvalue weighted by Gasteiger charge is -2.34. The Labute approximate surface area is 105 Å². The highest BCUT2D eigenvalue weighted by molar-refractivity contribution is 5.78. The molecular formula is C14H27NO2. The normalized spacial score (nSPS) is 16.8. The van der Waals surface area contributed by atoms with E-state index in [0.29, 0.717) is 30.6 Å². The zero-order valence-electron chi connectivity index (χ0n) is 11.6. The average molecular weight is 241 g/mol. The SMILES string of the molecule is CC(C)CC(CC(C)C)(NCC1CC1)C(=O)O. The van der Waals surface area contributed by atoms with Gasteiger partial charge in [0, 0.05) is 0 Å². The van der Waals surface area contributed by atoms with Gasteiger partial charge in [-0.2, -0.15) is 0 Å². The van der Waals surface area contributed by atoms with E-state index in [4.69, 9.17) is 0 Å². The first-order valence-corrected chi connectivity index (χ1v) is 6.84. The van der Waals surface area contributed by atoms with Crippen molar-refractivity contribution in [1.29, 1.82) is 0 Å². The second-order valence-electron chi connectivity index (χ2n) is 6.41. The Kier molecular flexibility index (Phi) is 4.99. The summed E-state index contributed by atoms with van der Waals surface area (Å²) in [6.07, 6.45) is 3.94. The summed E-state index contributed by atoms with van der Waals surface area (Å²) in [6.45, 7) is 9.24. The maximum absolute atomic E-state index is 11.7. The Balaban J connectivity index is 2.70. The van der Waals surface area contributed by atoms with Gasteiger partial charge in [-0.15, -0.1) is 0 Å². The van der Waals surface area contributed by atoms with E-state index in [2.05, 4.69) is 33.0 Å². The summed E-state index contributed by atoms with van der Waals surface area (Å²) < 4.78 is 0. The van der Waals surface area contributed by atoms with E-state index < -0.39 is 11.5 Å². The summed E-state index contributed by atoms with van der Waals surface area (Å²) in [5, 5.41) is 13.0. The van der Waals surface area contributed by atoms with E-state index in [-0.39, 0.29) is 0 Å². The topological polar surface area (TPSA) is 49.3 Å². The number of carboxylic acids is 1. The molecule has 3 heteroatoms. The van der Waals surface area contributed by atoms with Crippen LogP contribution >= 0.6 is 0 Å². The molecule has 1 fully saturated rings. The first-order chi connectivity index (χ1) is 7.85. The van der Waals surface area contributed by atoms with Gasteiger partial charge in [-0.3, -0.25) is 4.79 Å². The molecule has 0 heterocycles. The van der Waals surface area contributed by atoms with E-state index in [0.717, 1.165) is 6.54 Å². The van der Waals surface area contributed by atoms with Crippen LogP contribution in [0, 0.1) is 17.8 Å². The number of aliphatic carboxylic acids is 1. The van der Waals surface area contributed by atoms with Crippen LogP contribution in [-0.2, 0) is 4.79 Å². The molecule has 17 heavy (non-hydrogen) atoms. The number of hydrogen-bond acceptors (Lipinski definition) is 2. The maximum atomic E-state index is 11.7. The quantitative estimate of drug-likeness (QED) is 0.687. The highest BCUT2D eigenvalue weighted by atomic mass is 16.4. The van der Waals surface area contributed by atoms with Crippen LogP contribution in [0.5, 0.6) is 0 Å². The summed E-state index contributed by atoms with van der Waals surface area (Å²) in [6, 6.07) is 0. The van der Waals surface area contributed by atoms with Crippen molar-refractivity contribution in [3.63, 3.8) is 0 Å². The van der Waals surface area contributed by atoms with E-state index in [1.54, 1.807) is 0 Å². The highest BCUT2D eigenvalue weighted by Gasteiger charge is 2.40. The second-order valence-corrected chi connectivity index (χ2v) is 6.41. The minimum Gasteiger partial charge on any atom is -0.480 e. The third-order valence-corrected chi connectivity index (χ3v) is 3.35. The first-order valence-electron chi connectivity index (χ1n) is 6.84. The van der Waals surface area contributed by atoms with Crippen LogP contribution in [0.1, 0.15) is 53.4 Å². The number of rotatable bonds is 8. The standard InChI is InChI=1S/C14H27NO2/c1-10(2)7-14(13(16)17,8-11(3)4)15-9-12-5-6-12/h10-12,15H,5-9H2,1-4H3,(H,16,17). The van der Waals surface area contributed by atoms with E-state index in [9.17, 15) is 9.90 Å². The third kappa shape index (κ3) is 4.66. The summed E-state index contributed by atoms with van der Waals surface area (Å²) in [7, 11) is 0. The molecule has 1 aliphatic rings. The molecule has 0 amide bonds. The molecule has 0 radical (unpaired) electrons. The smallest absolute Gasteiger partial charge is 0.323 e. The second kappa shape index (κ2) is 5.85. The predicted molar refractivity (Wildman–Crippen MR) is 70.0 cm³/mol. The molecule has 1 aliphatic carbocycles. The first kappa shape index (κ1) is 14.5. The van der Waals surface area contributed by atoms with Gasteiger partial charge in [0.1, 0.15) is 5.54 Å². The van der Waals surface area contributed by atoms with E-state index in [1.807, 2.05) is 0 Å². The van der Waals surface area contributed by atoms with Crippen molar-refractivity contribution in [2.75, 3.05) is 6.54 Å². The van der Waals surface area contributed by atoms with Gasteiger partial charge in [-0.1, -0.05) is 27.7 Å². The summed E-state index contributed by atoms with van der Waals surface area (Å²) in [4.78, 5) is 11.7. The molecule has 0 bridgehead atoms. The van der Waals surface area contributed by atoms with Crippen molar-refractivity contribution in [3.8, 4) is 0 Å². The number of carbonyl (C=O) groups is 1. The molecule has 0 saturated heterocycles. The van der Waals surface area contributed by atoms with Gasteiger partial charge in [0.05, 0.1) is 0 Å². The van der Waals surface area contributed by atoms with Crippen LogP contribution in [0.3, 0.4) is 0 Å². The van der Waals surface area contributed by atoms with Gasteiger partial charge < -0.3 is 10.4 Å². The monoisotopic (exact) mass is 241 g/mol. The van der Waals surface area contributed by atoms with Crippen LogP contribution < -0.4 is 5.32 Å². The minimum absolute atomic E-state index is 0.400. The number of carboxylic acid groups (broad SMARTS) is 1. The van der Waals surface area contributed by atoms with Gasteiger partial charge in [0.2, 0.25) is 0 Å². The van der Waals surface area contributed by atoms with Crippen molar-refractivity contribution in [1.82, 2.24) is 5.32 Å². The minimum atomic E-state index is -0.717. The van der Waals surface area contributed by atoms with Crippen molar-refractivity contribution in [2.45, 2.75) is 58.9 Å². The Hall–Kier alpha value is -0.570. The predicted octanol–water partition coefficient (Wildman–Crippen LogP) is 2.90. The molecular weight excluding hydrogens is 214 g/mol. The van der Waals surface area contributed by atoms with Crippen molar-refractivity contribution in [3.05, 3.63) is 0 Å². The molecule has 0 aliphatic heterocycles. The molecule has 0 aromatic carbocycles. The summed E-state index contributed by atoms with van der Waals surface area (Å²) in [5.74, 6) is 0.835. The molecule has 1 saturated carbocycles. The molecule has 100 valence electrons. The molecule has 2 N–H and O–H groups in total. The van der Waals surface area contributed by atoms with Gasteiger partial charge in [-0.05, 0) is 50.0 Å². The van der Waals surface area contributed by atoms with Crippen LogP contribution in [0.2, 0.25) is 0 Å². The summed E-state index contributed by atoms with van der Waals surface area (Å²) >= 11 is 0. The third-order valence-electron chi connectivity index (χ3n) is 3.35. The number of nitrogens with one attached hydrogen (secondary N) is 1. The molecule has 1 rings (SSSR count). The fourth-order valence-corrected chi connectivity index (χ4v) is 2.53. The Morgan fingerprint density at radius 1 is 1.24 bits per heavy atom. The molecule has 3 nitrogen and oxygen atoms in total. The van der Waals surface area contributed by atoms with Crippen LogP contribution in [-0.4, -0.2) is 23.2 Å². The maximum Gasteiger partial charge on any atom is 0.323 e. The lowest BCUT2D eigenvalue weighted by Crippen LogP contribution is -2.54. The van der Waals surface area contributed by atoms with Crippen molar-refractivity contribution >= 4 is 5.97 Å².